The van der Waals surface area contributed by atoms with Gasteiger partial charge in [0, 0.05) is 12.2 Å². The van der Waals surface area contributed by atoms with Crippen molar-refractivity contribution in [2.45, 2.75) is 63.4 Å². The number of aliphatic hydroxyl groups excluding tert-OH is 1. The summed E-state index contributed by atoms with van der Waals surface area (Å²) in [5.74, 6) is -2.45. The highest BCUT2D eigenvalue weighted by Gasteiger charge is 2.75. The number of hydrogen-bond donors (Lipinski definition) is 3. The van der Waals surface area contributed by atoms with Crippen molar-refractivity contribution >= 4 is 23.4 Å². The minimum atomic E-state index is -1.15. The van der Waals surface area contributed by atoms with E-state index in [0.29, 0.717) is 31.5 Å². The molecular weight excluding hydrogens is 530 g/mol. The average molecular weight is 568 g/mol. The second kappa shape index (κ2) is 11.3. The van der Waals surface area contributed by atoms with E-state index in [4.69, 9.17) is 4.74 Å². The first-order valence-electron chi connectivity index (χ1n) is 14.7. The van der Waals surface area contributed by atoms with Crippen LogP contribution in [0.3, 0.4) is 0 Å². The summed E-state index contributed by atoms with van der Waals surface area (Å²) in [6.45, 7) is 3.89. The third-order valence-electron chi connectivity index (χ3n) is 9.17. The van der Waals surface area contributed by atoms with Crippen molar-refractivity contribution in [1.82, 2.24) is 10.2 Å². The molecule has 8 nitrogen and oxygen atoms in total. The number of likely N-dealkylation sites (tertiary alicyclic amines) is 1. The number of ether oxygens (including phenoxy) is 1. The number of hydrogen-bond acceptors (Lipinski definition) is 5. The molecule has 3 amide bonds. The van der Waals surface area contributed by atoms with E-state index < -0.39 is 35.6 Å². The molecule has 3 aromatic carbocycles. The van der Waals surface area contributed by atoms with E-state index in [1.54, 1.807) is 0 Å². The molecule has 3 aliphatic rings. The van der Waals surface area contributed by atoms with Crippen LogP contribution in [0.5, 0.6) is 0 Å². The summed E-state index contributed by atoms with van der Waals surface area (Å²) < 4.78 is 6.57. The van der Waals surface area contributed by atoms with Gasteiger partial charge in [0.05, 0.1) is 30.6 Å². The number of carbonyl (C=O) groups excluding carboxylic acids is 3. The fraction of sp³-hybridized carbons (Fsp3) is 0.382. The molecule has 3 fully saturated rings. The summed E-state index contributed by atoms with van der Waals surface area (Å²) in [6.07, 6.45) is 0.987. The monoisotopic (exact) mass is 567 g/mol. The van der Waals surface area contributed by atoms with Gasteiger partial charge < -0.3 is 25.4 Å². The van der Waals surface area contributed by atoms with Crippen LogP contribution in [-0.2, 0) is 32.1 Å². The van der Waals surface area contributed by atoms with Crippen LogP contribution in [0.4, 0.5) is 5.69 Å². The summed E-state index contributed by atoms with van der Waals surface area (Å²) in [5.41, 5.74) is 3.31. The number of aliphatic hydroxyl groups is 1. The third kappa shape index (κ3) is 4.88. The van der Waals surface area contributed by atoms with Gasteiger partial charge in [-0.25, -0.2) is 0 Å². The Bertz CT molecular complexity index is 1480. The van der Waals surface area contributed by atoms with Crippen LogP contribution in [0.15, 0.2) is 78.9 Å². The Balaban J connectivity index is 1.35. The Morgan fingerprint density at radius 1 is 1.00 bits per heavy atom. The van der Waals surface area contributed by atoms with Crippen molar-refractivity contribution in [1.29, 1.82) is 0 Å². The Labute approximate surface area is 246 Å². The predicted octanol–water partition coefficient (Wildman–Crippen LogP) is 3.54. The molecule has 3 heterocycles. The minimum Gasteiger partial charge on any atom is -0.394 e. The van der Waals surface area contributed by atoms with Crippen LogP contribution in [-0.4, -0.2) is 58.1 Å². The van der Waals surface area contributed by atoms with Gasteiger partial charge in [-0.3, -0.25) is 14.4 Å². The highest BCUT2D eigenvalue weighted by Crippen LogP contribution is 2.59. The normalized spacial score (nSPS) is 26.6. The zero-order chi connectivity index (χ0) is 29.4. The molecule has 0 saturated carbocycles. The molecule has 0 aliphatic carbocycles. The summed E-state index contributed by atoms with van der Waals surface area (Å²) in [6, 6.07) is 23.4. The second-order valence-electron chi connectivity index (χ2n) is 11.8. The van der Waals surface area contributed by atoms with E-state index in [1.807, 2.05) is 92.7 Å². The third-order valence-corrected chi connectivity index (χ3v) is 9.17. The van der Waals surface area contributed by atoms with Crippen molar-refractivity contribution in [3.05, 3.63) is 101 Å². The highest BCUT2D eigenvalue weighted by molar-refractivity contribution is 6.04. The van der Waals surface area contributed by atoms with Gasteiger partial charge in [-0.05, 0) is 61.4 Å². The Morgan fingerprint density at radius 2 is 1.69 bits per heavy atom. The van der Waals surface area contributed by atoms with Crippen LogP contribution < -0.4 is 10.6 Å². The number of nitrogens with zero attached hydrogens (tertiary/aromatic N) is 1. The van der Waals surface area contributed by atoms with E-state index in [1.165, 1.54) is 4.90 Å². The van der Waals surface area contributed by atoms with Gasteiger partial charge in [0.15, 0.2) is 0 Å². The number of anilines is 1. The number of amides is 3. The standard InChI is InChI=1S/C34H37N3O5/c1-21-13-14-22(2)26(17-21)36-32(40)30-34-16-15-27(42-34)28(31(39)35-19-24-11-7-4-8-12-24)29(34)33(41)37(30)25(20-38)18-23-9-5-3-6-10-23/h3-14,17,25,27-30,38H,15-16,18-20H2,1-2H3,(H,35,39)(H,36,40)/t25-,27+,28-,29+,30?,34?/m1/s1. The maximum atomic E-state index is 14.4. The van der Waals surface area contributed by atoms with Gasteiger partial charge in [0.2, 0.25) is 17.7 Å². The summed E-state index contributed by atoms with van der Waals surface area (Å²) in [7, 11) is 0. The molecule has 1 spiro atoms. The minimum absolute atomic E-state index is 0.247. The maximum absolute atomic E-state index is 14.4. The van der Waals surface area contributed by atoms with Crippen molar-refractivity contribution in [3.8, 4) is 0 Å². The van der Waals surface area contributed by atoms with Crippen LogP contribution in [0, 0.1) is 25.7 Å². The van der Waals surface area contributed by atoms with Crippen LogP contribution in [0.25, 0.3) is 0 Å². The quantitative estimate of drug-likeness (QED) is 0.367. The van der Waals surface area contributed by atoms with Crippen molar-refractivity contribution in [2.24, 2.45) is 11.8 Å². The van der Waals surface area contributed by atoms with Gasteiger partial charge in [-0.1, -0.05) is 72.8 Å². The predicted molar refractivity (Wildman–Crippen MR) is 158 cm³/mol. The molecule has 0 radical (unpaired) electrons. The van der Waals surface area contributed by atoms with Crippen LogP contribution in [0.2, 0.25) is 0 Å². The second-order valence-corrected chi connectivity index (χ2v) is 11.8. The van der Waals surface area contributed by atoms with Gasteiger partial charge in [-0.2, -0.15) is 0 Å². The van der Waals surface area contributed by atoms with Crippen LogP contribution >= 0.6 is 0 Å². The molecule has 6 atom stereocenters. The molecule has 2 unspecified atom stereocenters. The molecule has 3 aliphatic heterocycles. The first-order valence-corrected chi connectivity index (χ1v) is 14.7. The van der Waals surface area contributed by atoms with E-state index in [9.17, 15) is 19.5 Å². The molecule has 3 N–H and O–H groups in total. The zero-order valence-electron chi connectivity index (χ0n) is 24.0. The van der Waals surface area contributed by atoms with E-state index in [0.717, 1.165) is 22.3 Å². The number of benzene rings is 3. The first kappa shape index (κ1) is 28.1. The number of fused-ring (bicyclic) bond motifs is 1. The van der Waals surface area contributed by atoms with Gasteiger partial charge in [0.1, 0.15) is 11.6 Å². The fourth-order valence-corrected chi connectivity index (χ4v) is 7.20. The van der Waals surface area contributed by atoms with Crippen molar-refractivity contribution < 1.29 is 24.2 Å². The van der Waals surface area contributed by atoms with Gasteiger partial charge in [-0.15, -0.1) is 0 Å². The van der Waals surface area contributed by atoms with Gasteiger partial charge >= 0.3 is 0 Å². The van der Waals surface area contributed by atoms with Crippen LogP contribution in [0.1, 0.15) is 35.1 Å². The van der Waals surface area contributed by atoms with E-state index in [-0.39, 0.29) is 24.3 Å². The number of rotatable bonds is 9. The zero-order valence-corrected chi connectivity index (χ0v) is 24.0. The maximum Gasteiger partial charge on any atom is 0.250 e. The lowest BCUT2D eigenvalue weighted by Crippen LogP contribution is -2.56. The molecule has 3 saturated heterocycles. The van der Waals surface area contributed by atoms with E-state index in [2.05, 4.69) is 10.6 Å². The van der Waals surface area contributed by atoms with Crippen molar-refractivity contribution in [3.63, 3.8) is 0 Å². The smallest absolute Gasteiger partial charge is 0.250 e. The molecule has 6 rings (SSSR count). The molecule has 0 aromatic heterocycles. The SMILES string of the molecule is Cc1ccc(C)c(NC(=O)C2N([C@@H](CO)Cc3ccccc3)C(=O)[C@@H]3[C@H](C(=O)NCc4ccccc4)[C@@H]4CCC23O4)c1. The average Bonchev–Trinajstić information content (AvgIpc) is 3.65. The first-order chi connectivity index (χ1) is 20.3. The lowest BCUT2D eigenvalue weighted by Gasteiger charge is -2.37. The molecule has 8 heteroatoms. The topological polar surface area (TPSA) is 108 Å². The van der Waals surface area contributed by atoms with E-state index >= 15 is 0 Å². The Hall–Kier alpha value is -4.01. The number of nitrogens with one attached hydrogen (secondary N) is 2. The molecule has 42 heavy (non-hydrogen) atoms. The number of aryl methyl sites for hydroxylation is 2. The van der Waals surface area contributed by atoms with Crippen molar-refractivity contribution in [2.75, 3.05) is 11.9 Å². The lowest BCUT2D eigenvalue weighted by atomic mass is 9.70. The molecule has 218 valence electrons. The Kier molecular flexibility index (Phi) is 7.60. The summed E-state index contributed by atoms with van der Waals surface area (Å²) in [5, 5.41) is 16.7. The molecule has 3 aromatic rings. The summed E-state index contributed by atoms with van der Waals surface area (Å²) >= 11 is 0. The van der Waals surface area contributed by atoms with Gasteiger partial charge in [0.25, 0.3) is 0 Å². The largest absolute Gasteiger partial charge is 0.394 e. The fourth-order valence-electron chi connectivity index (χ4n) is 7.20. The molecule has 2 bridgehead atoms. The number of carbonyl (C=O) groups is 3. The Morgan fingerprint density at radius 3 is 2.38 bits per heavy atom. The lowest BCUT2D eigenvalue weighted by molar-refractivity contribution is -0.144. The summed E-state index contributed by atoms with van der Waals surface area (Å²) in [4.78, 5) is 43.9. The molecular formula is C34H37N3O5. The highest BCUT2D eigenvalue weighted by atomic mass is 16.5.